The van der Waals surface area contributed by atoms with Crippen LogP contribution < -0.4 is 11.1 Å². The lowest BCUT2D eigenvalue weighted by molar-refractivity contribution is 1.17. The Morgan fingerprint density at radius 3 is 2.87 bits per heavy atom. The van der Waals surface area contributed by atoms with Gasteiger partial charge in [-0.2, -0.15) is 0 Å². The molecule has 0 aliphatic heterocycles. The molecule has 3 N–H and O–H groups in total. The van der Waals surface area contributed by atoms with E-state index in [4.69, 9.17) is 17.3 Å². The van der Waals surface area contributed by atoms with Crippen LogP contribution >= 0.6 is 22.9 Å². The molecule has 78 valence electrons. The monoisotopic (exact) mass is 241 g/mol. The summed E-state index contributed by atoms with van der Waals surface area (Å²) >= 11 is 7.43. The molecule has 15 heavy (non-hydrogen) atoms. The smallest absolute Gasteiger partial charge is 0.188 e. The quantitative estimate of drug-likeness (QED) is 0.843. The third-order valence-electron chi connectivity index (χ3n) is 1.66. The molecule has 0 aromatic carbocycles. The fourth-order valence-corrected chi connectivity index (χ4v) is 1.79. The van der Waals surface area contributed by atoms with Gasteiger partial charge < -0.3 is 11.1 Å². The minimum absolute atomic E-state index is 0.252. The van der Waals surface area contributed by atoms with E-state index in [0.717, 1.165) is 10.0 Å². The van der Waals surface area contributed by atoms with E-state index in [1.807, 2.05) is 6.92 Å². The first-order chi connectivity index (χ1) is 7.16. The van der Waals surface area contributed by atoms with E-state index < -0.39 is 0 Å². The van der Waals surface area contributed by atoms with Crippen LogP contribution in [0.1, 0.15) is 4.88 Å². The summed E-state index contributed by atoms with van der Waals surface area (Å²) in [6, 6.07) is 0. The number of aromatic nitrogens is 3. The molecule has 0 bridgehead atoms. The van der Waals surface area contributed by atoms with Crippen LogP contribution in [0.4, 0.5) is 16.8 Å². The molecule has 0 atom stereocenters. The van der Waals surface area contributed by atoms with Crippen molar-refractivity contribution in [3.63, 3.8) is 0 Å². The molecule has 5 nitrogen and oxygen atoms in total. The van der Waals surface area contributed by atoms with Crippen molar-refractivity contribution in [2.24, 2.45) is 0 Å². The summed E-state index contributed by atoms with van der Waals surface area (Å²) in [5.74, 6) is 0.723. The first-order valence-corrected chi connectivity index (χ1v) is 5.31. The van der Waals surface area contributed by atoms with Gasteiger partial charge in [0.05, 0.1) is 0 Å². The van der Waals surface area contributed by atoms with Crippen LogP contribution in [-0.4, -0.2) is 15.0 Å². The first kappa shape index (κ1) is 10.1. The highest BCUT2D eigenvalue weighted by Crippen LogP contribution is 2.28. The summed E-state index contributed by atoms with van der Waals surface area (Å²) in [4.78, 5) is 13.0. The lowest BCUT2D eigenvalue weighted by Gasteiger charge is -2.04. The van der Waals surface area contributed by atoms with Gasteiger partial charge in [-0.1, -0.05) is 11.6 Å². The second-order valence-electron chi connectivity index (χ2n) is 2.82. The van der Waals surface area contributed by atoms with Crippen LogP contribution in [0.5, 0.6) is 0 Å². The van der Waals surface area contributed by atoms with Gasteiger partial charge in [0.15, 0.2) is 10.9 Å². The van der Waals surface area contributed by atoms with Crippen LogP contribution in [0.3, 0.4) is 0 Å². The van der Waals surface area contributed by atoms with Crippen molar-refractivity contribution in [3.8, 4) is 0 Å². The number of hydrogen-bond acceptors (Lipinski definition) is 6. The Bertz CT molecular complexity index is 484. The second kappa shape index (κ2) is 4.00. The number of nitrogens with two attached hydrogens (primary N) is 1. The fourth-order valence-electron chi connectivity index (χ4n) is 0.984. The van der Waals surface area contributed by atoms with Crippen LogP contribution in [0, 0.1) is 6.92 Å². The minimum atomic E-state index is 0.252. The van der Waals surface area contributed by atoms with E-state index in [-0.39, 0.29) is 5.82 Å². The molecule has 0 amide bonds. The predicted octanol–water partition coefficient (Wildman–Crippen LogP) is 2.22. The third kappa shape index (κ3) is 2.16. The van der Waals surface area contributed by atoms with Crippen molar-refractivity contribution < 1.29 is 0 Å². The van der Waals surface area contributed by atoms with Crippen molar-refractivity contribution in [3.05, 3.63) is 22.4 Å². The minimum Gasteiger partial charge on any atom is -0.382 e. The van der Waals surface area contributed by atoms with Gasteiger partial charge in [0.1, 0.15) is 17.2 Å². The van der Waals surface area contributed by atoms with Gasteiger partial charge in [0.2, 0.25) is 0 Å². The zero-order chi connectivity index (χ0) is 10.8. The zero-order valence-electron chi connectivity index (χ0n) is 7.86. The number of aryl methyl sites for hydroxylation is 1. The van der Waals surface area contributed by atoms with Gasteiger partial charge in [0, 0.05) is 11.1 Å². The van der Waals surface area contributed by atoms with Gasteiger partial charge in [-0.15, -0.1) is 11.3 Å². The van der Waals surface area contributed by atoms with Crippen molar-refractivity contribution in [2.75, 3.05) is 11.1 Å². The van der Waals surface area contributed by atoms with Crippen molar-refractivity contribution >= 4 is 39.7 Å². The van der Waals surface area contributed by atoms with Crippen LogP contribution in [-0.2, 0) is 0 Å². The summed E-state index contributed by atoms with van der Waals surface area (Å²) in [7, 11) is 0. The van der Waals surface area contributed by atoms with E-state index in [0.29, 0.717) is 10.8 Å². The number of rotatable bonds is 2. The lowest BCUT2D eigenvalue weighted by atomic mass is 10.5. The van der Waals surface area contributed by atoms with Gasteiger partial charge in [-0.3, -0.25) is 0 Å². The van der Waals surface area contributed by atoms with Crippen molar-refractivity contribution in [1.82, 2.24) is 15.0 Å². The molecule has 0 spiro atoms. The SMILES string of the molecule is Cc1cnc(Nc2ncnc(N)c2Cl)s1. The molecule has 0 unspecified atom stereocenters. The summed E-state index contributed by atoms with van der Waals surface area (Å²) in [5, 5.41) is 4.02. The summed E-state index contributed by atoms with van der Waals surface area (Å²) < 4.78 is 0. The van der Waals surface area contributed by atoms with Crippen LogP contribution in [0.25, 0.3) is 0 Å². The number of thiazole rings is 1. The zero-order valence-corrected chi connectivity index (χ0v) is 9.43. The molecule has 0 fully saturated rings. The summed E-state index contributed by atoms with van der Waals surface area (Å²) in [5.41, 5.74) is 5.54. The fraction of sp³-hybridized carbons (Fsp3) is 0.125. The van der Waals surface area contributed by atoms with E-state index in [1.54, 1.807) is 6.20 Å². The molecule has 0 radical (unpaired) electrons. The third-order valence-corrected chi connectivity index (χ3v) is 2.86. The van der Waals surface area contributed by atoms with E-state index in [2.05, 4.69) is 20.3 Å². The number of nitrogen functional groups attached to an aromatic ring is 1. The molecule has 0 saturated carbocycles. The first-order valence-electron chi connectivity index (χ1n) is 4.12. The predicted molar refractivity (Wildman–Crippen MR) is 61.6 cm³/mol. The average molecular weight is 242 g/mol. The Balaban J connectivity index is 2.28. The van der Waals surface area contributed by atoms with E-state index >= 15 is 0 Å². The molecular formula is C8H8ClN5S. The average Bonchev–Trinajstić information content (AvgIpc) is 2.59. The molecule has 0 aliphatic carbocycles. The van der Waals surface area contributed by atoms with E-state index in [9.17, 15) is 0 Å². The Hall–Kier alpha value is -1.40. The van der Waals surface area contributed by atoms with Crippen LogP contribution in [0.2, 0.25) is 5.02 Å². The van der Waals surface area contributed by atoms with Crippen LogP contribution in [0.15, 0.2) is 12.5 Å². The molecule has 2 heterocycles. The summed E-state index contributed by atoms with van der Waals surface area (Å²) in [6.07, 6.45) is 3.12. The van der Waals surface area contributed by atoms with Crippen molar-refractivity contribution in [1.29, 1.82) is 0 Å². The molecule has 7 heteroatoms. The Morgan fingerprint density at radius 1 is 1.40 bits per heavy atom. The Morgan fingerprint density at radius 2 is 2.20 bits per heavy atom. The number of halogens is 1. The molecule has 2 rings (SSSR count). The highest BCUT2D eigenvalue weighted by molar-refractivity contribution is 7.15. The molecule has 2 aromatic rings. The standard InChI is InChI=1S/C8H8ClN5S/c1-4-2-11-8(15-4)14-7-5(9)6(10)12-3-13-7/h2-3H,1H3,(H3,10,11,12,13,14). The molecule has 2 aromatic heterocycles. The van der Waals surface area contributed by atoms with Crippen molar-refractivity contribution in [2.45, 2.75) is 6.92 Å². The highest BCUT2D eigenvalue weighted by atomic mass is 35.5. The van der Waals surface area contributed by atoms with Gasteiger partial charge in [-0.25, -0.2) is 15.0 Å². The second-order valence-corrected chi connectivity index (χ2v) is 4.44. The number of nitrogens with one attached hydrogen (secondary N) is 1. The largest absolute Gasteiger partial charge is 0.382 e. The number of nitrogens with zero attached hydrogens (tertiary/aromatic N) is 3. The topological polar surface area (TPSA) is 76.7 Å². The molecule has 0 aliphatic rings. The number of anilines is 3. The Labute approximate surface area is 95.3 Å². The molecule has 0 saturated heterocycles. The van der Waals surface area contributed by atoms with E-state index in [1.165, 1.54) is 17.7 Å². The molecular weight excluding hydrogens is 234 g/mol. The number of hydrogen-bond donors (Lipinski definition) is 2. The maximum absolute atomic E-state index is 5.91. The maximum Gasteiger partial charge on any atom is 0.188 e. The highest BCUT2D eigenvalue weighted by Gasteiger charge is 2.07. The van der Waals surface area contributed by atoms with Gasteiger partial charge in [-0.05, 0) is 6.92 Å². The normalized spacial score (nSPS) is 10.3. The summed E-state index contributed by atoms with van der Waals surface area (Å²) in [6.45, 7) is 1.97. The maximum atomic E-state index is 5.91. The van der Waals surface area contributed by atoms with Gasteiger partial charge >= 0.3 is 0 Å². The Kier molecular flexibility index (Phi) is 2.70. The van der Waals surface area contributed by atoms with Gasteiger partial charge in [0.25, 0.3) is 0 Å². The lowest BCUT2D eigenvalue weighted by Crippen LogP contribution is -1.99.